The minimum atomic E-state index is 0.639. The van der Waals surface area contributed by atoms with Crippen LogP contribution < -0.4 is 10.6 Å². The van der Waals surface area contributed by atoms with E-state index < -0.39 is 0 Å². The van der Waals surface area contributed by atoms with E-state index in [0.717, 1.165) is 37.6 Å². The quantitative estimate of drug-likeness (QED) is 0.800. The second kappa shape index (κ2) is 6.48. The molecular formula is C13H23N3. The van der Waals surface area contributed by atoms with Gasteiger partial charge in [0, 0.05) is 18.8 Å². The van der Waals surface area contributed by atoms with E-state index in [1.54, 1.807) is 0 Å². The van der Waals surface area contributed by atoms with Gasteiger partial charge < -0.3 is 10.6 Å². The minimum absolute atomic E-state index is 0.639. The van der Waals surface area contributed by atoms with Gasteiger partial charge in [-0.15, -0.1) is 0 Å². The van der Waals surface area contributed by atoms with Gasteiger partial charge in [-0.05, 0) is 37.9 Å². The van der Waals surface area contributed by atoms with Gasteiger partial charge in [-0.3, -0.25) is 0 Å². The number of nitrogens with zero attached hydrogens (tertiary/aromatic N) is 2. The molecule has 0 unspecified atom stereocenters. The Morgan fingerprint density at radius 3 is 2.69 bits per heavy atom. The maximum atomic E-state index is 5.57. The highest BCUT2D eigenvalue weighted by Crippen LogP contribution is 2.13. The van der Waals surface area contributed by atoms with Crippen LogP contribution in [-0.4, -0.2) is 24.6 Å². The Hall–Kier alpha value is -1.09. The fourth-order valence-corrected chi connectivity index (χ4v) is 1.73. The second-order valence-corrected chi connectivity index (χ2v) is 4.62. The van der Waals surface area contributed by atoms with E-state index in [-0.39, 0.29) is 0 Å². The molecule has 3 heteroatoms. The molecule has 1 aromatic heterocycles. The van der Waals surface area contributed by atoms with E-state index in [1.807, 2.05) is 13.0 Å². The highest BCUT2D eigenvalue weighted by Gasteiger charge is 2.09. The van der Waals surface area contributed by atoms with Gasteiger partial charge in [-0.1, -0.05) is 19.9 Å². The van der Waals surface area contributed by atoms with Crippen LogP contribution in [0.1, 0.15) is 26.0 Å². The zero-order valence-electron chi connectivity index (χ0n) is 10.6. The molecule has 0 saturated carbocycles. The number of rotatable bonds is 6. The number of hydrogen-bond acceptors (Lipinski definition) is 3. The Morgan fingerprint density at radius 2 is 2.12 bits per heavy atom. The summed E-state index contributed by atoms with van der Waals surface area (Å²) in [6, 6.07) is 6.17. The van der Waals surface area contributed by atoms with Crippen molar-refractivity contribution in [3.05, 3.63) is 23.9 Å². The van der Waals surface area contributed by atoms with Crippen molar-refractivity contribution in [3.8, 4) is 0 Å². The van der Waals surface area contributed by atoms with Crippen LogP contribution in [0.2, 0.25) is 0 Å². The zero-order chi connectivity index (χ0) is 12.0. The summed E-state index contributed by atoms with van der Waals surface area (Å²) in [4.78, 5) is 6.89. The molecule has 2 N–H and O–H groups in total. The predicted octanol–water partition coefficient (Wildman–Crippen LogP) is 2.20. The Balaban J connectivity index is 2.74. The lowest BCUT2D eigenvalue weighted by Crippen LogP contribution is -2.30. The number of pyridine rings is 1. The molecule has 1 aromatic rings. The van der Waals surface area contributed by atoms with Gasteiger partial charge in [-0.2, -0.15) is 0 Å². The summed E-state index contributed by atoms with van der Waals surface area (Å²) in [5, 5.41) is 0. The molecule has 0 aliphatic heterocycles. The van der Waals surface area contributed by atoms with E-state index in [4.69, 9.17) is 5.73 Å². The average molecular weight is 221 g/mol. The second-order valence-electron chi connectivity index (χ2n) is 4.62. The smallest absolute Gasteiger partial charge is 0.128 e. The molecule has 0 amide bonds. The van der Waals surface area contributed by atoms with E-state index in [0.29, 0.717) is 5.92 Å². The van der Waals surface area contributed by atoms with Crippen LogP contribution in [-0.2, 0) is 0 Å². The molecule has 0 aliphatic carbocycles. The van der Waals surface area contributed by atoms with Crippen molar-refractivity contribution in [2.45, 2.75) is 27.2 Å². The molecule has 0 radical (unpaired) electrons. The third kappa shape index (κ3) is 4.19. The van der Waals surface area contributed by atoms with Gasteiger partial charge in [-0.25, -0.2) is 4.98 Å². The molecule has 3 nitrogen and oxygen atoms in total. The Kier molecular flexibility index (Phi) is 5.26. The summed E-state index contributed by atoms with van der Waals surface area (Å²) in [5.74, 6) is 1.71. The van der Waals surface area contributed by atoms with Gasteiger partial charge in [0.05, 0.1) is 0 Å². The average Bonchev–Trinajstić information content (AvgIpc) is 2.23. The maximum absolute atomic E-state index is 5.57. The molecule has 0 fully saturated rings. The first-order valence-electron chi connectivity index (χ1n) is 6.02. The molecule has 0 spiro atoms. The van der Waals surface area contributed by atoms with Crippen LogP contribution in [0.3, 0.4) is 0 Å². The zero-order valence-corrected chi connectivity index (χ0v) is 10.6. The lowest BCUT2D eigenvalue weighted by atomic mass is 10.2. The fraction of sp³-hybridized carbons (Fsp3) is 0.615. The first-order valence-corrected chi connectivity index (χ1v) is 6.02. The third-order valence-corrected chi connectivity index (χ3v) is 2.42. The first kappa shape index (κ1) is 13.0. The van der Waals surface area contributed by atoms with Crippen molar-refractivity contribution < 1.29 is 0 Å². The highest BCUT2D eigenvalue weighted by atomic mass is 15.2. The molecule has 1 rings (SSSR count). The molecule has 0 bridgehead atoms. The molecule has 16 heavy (non-hydrogen) atoms. The van der Waals surface area contributed by atoms with Gasteiger partial charge in [0.1, 0.15) is 5.82 Å². The lowest BCUT2D eigenvalue weighted by Gasteiger charge is -2.25. The van der Waals surface area contributed by atoms with Crippen LogP contribution in [0, 0.1) is 12.8 Å². The van der Waals surface area contributed by atoms with E-state index in [1.165, 1.54) is 0 Å². The van der Waals surface area contributed by atoms with Crippen LogP contribution >= 0.6 is 0 Å². The Morgan fingerprint density at radius 1 is 1.38 bits per heavy atom. The minimum Gasteiger partial charge on any atom is -0.356 e. The van der Waals surface area contributed by atoms with Crippen LogP contribution in [0.25, 0.3) is 0 Å². The van der Waals surface area contributed by atoms with Crippen LogP contribution in [0.5, 0.6) is 0 Å². The molecule has 90 valence electrons. The van der Waals surface area contributed by atoms with E-state index >= 15 is 0 Å². The summed E-state index contributed by atoms with van der Waals surface area (Å²) in [6.07, 6.45) is 1.02. The van der Waals surface area contributed by atoms with Crippen molar-refractivity contribution >= 4 is 5.82 Å². The van der Waals surface area contributed by atoms with Crippen molar-refractivity contribution in [3.63, 3.8) is 0 Å². The largest absolute Gasteiger partial charge is 0.356 e. The Labute approximate surface area is 98.7 Å². The lowest BCUT2D eigenvalue weighted by molar-refractivity contribution is 0.596. The molecule has 1 heterocycles. The number of aromatic nitrogens is 1. The summed E-state index contributed by atoms with van der Waals surface area (Å²) in [6.45, 7) is 9.25. The molecule has 0 atom stereocenters. The number of hydrogen-bond donors (Lipinski definition) is 1. The van der Waals surface area contributed by atoms with E-state index in [2.05, 4.69) is 35.9 Å². The van der Waals surface area contributed by atoms with Crippen molar-refractivity contribution in [2.75, 3.05) is 24.5 Å². The van der Waals surface area contributed by atoms with Gasteiger partial charge in [0.25, 0.3) is 0 Å². The topological polar surface area (TPSA) is 42.1 Å². The van der Waals surface area contributed by atoms with Gasteiger partial charge in [0.2, 0.25) is 0 Å². The van der Waals surface area contributed by atoms with Crippen LogP contribution in [0.4, 0.5) is 5.82 Å². The normalized spacial score (nSPS) is 10.8. The molecule has 0 aliphatic rings. The monoisotopic (exact) mass is 221 g/mol. The molecule has 0 saturated heterocycles. The predicted molar refractivity (Wildman–Crippen MR) is 69.7 cm³/mol. The maximum Gasteiger partial charge on any atom is 0.128 e. The Bertz CT molecular complexity index is 310. The van der Waals surface area contributed by atoms with E-state index in [9.17, 15) is 0 Å². The fourth-order valence-electron chi connectivity index (χ4n) is 1.73. The number of anilines is 1. The van der Waals surface area contributed by atoms with Crippen molar-refractivity contribution in [1.82, 2.24) is 4.98 Å². The standard InChI is InChI=1S/C13H23N3/c1-11(2)10-16(9-5-8-14)13-7-4-6-12(3)15-13/h4,6-7,11H,5,8-10,14H2,1-3H3. The summed E-state index contributed by atoms with van der Waals surface area (Å²) >= 11 is 0. The highest BCUT2D eigenvalue weighted by molar-refractivity contribution is 5.39. The number of aryl methyl sites for hydroxylation is 1. The molecule has 0 aromatic carbocycles. The molecular weight excluding hydrogens is 198 g/mol. The third-order valence-electron chi connectivity index (χ3n) is 2.42. The van der Waals surface area contributed by atoms with Crippen LogP contribution in [0.15, 0.2) is 18.2 Å². The summed E-state index contributed by atoms with van der Waals surface area (Å²) < 4.78 is 0. The number of nitrogens with two attached hydrogens (primary N) is 1. The van der Waals surface area contributed by atoms with Gasteiger partial charge >= 0.3 is 0 Å². The van der Waals surface area contributed by atoms with Gasteiger partial charge in [0.15, 0.2) is 0 Å². The summed E-state index contributed by atoms with van der Waals surface area (Å²) in [5.41, 5.74) is 6.64. The van der Waals surface area contributed by atoms with Crippen molar-refractivity contribution in [2.24, 2.45) is 11.7 Å². The summed E-state index contributed by atoms with van der Waals surface area (Å²) in [7, 11) is 0. The van der Waals surface area contributed by atoms with Crippen molar-refractivity contribution in [1.29, 1.82) is 0 Å². The SMILES string of the molecule is Cc1cccc(N(CCCN)CC(C)C)n1. The first-order chi connectivity index (χ1) is 7.63.